The van der Waals surface area contributed by atoms with Crippen molar-refractivity contribution in [2.75, 3.05) is 0 Å². The Labute approximate surface area is 265 Å². The summed E-state index contributed by atoms with van der Waals surface area (Å²) in [7, 11) is 0. The Bertz CT molecular complexity index is 1880. The molecule has 1 aliphatic rings. The standard InChI is InChI=1S/C38H34F3NO2S/c1-24-11-14-27-7-4-5-10-32(27)35(24)45-42(34-20-18-28-17-19-31(22-33(28)34)38(39,40)41)23-25-12-15-26(16-13-25)29-8-6-9-30(21-29)37(2,3)36(43)44/h4-17,19,21-22,34H,18,20,23H2,1-3H3,(H,43,44). The van der Waals surface area contributed by atoms with Crippen LogP contribution in [0.1, 0.15) is 59.7 Å². The number of aryl methyl sites for hydroxylation is 2. The summed E-state index contributed by atoms with van der Waals surface area (Å²) in [5.41, 5.74) is 4.84. The zero-order chi connectivity index (χ0) is 31.9. The molecule has 3 nitrogen and oxygen atoms in total. The van der Waals surface area contributed by atoms with Gasteiger partial charge in [-0.1, -0.05) is 91.0 Å². The fraction of sp³-hybridized carbons (Fsp3) is 0.237. The van der Waals surface area contributed by atoms with Crippen LogP contribution in [0.3, 0.4) is 0 Å². The van der Waals surface area contributed by atoms with Gasteiger partial charge in [0, 0.05) is 17.5 Å². The molecule has 230 valence electrons. The highest BCUT2D eigenvalue weighted by Crippen LogP contribution is 2.46. The Hall–Kier alpha value is -4.07. The largest absolute Gasteiger partial charge is 0.481 e. The van der Waals surface area contributed by atoms with Crippen LogP contribution in [0, 0.1) is 6.92 Å². The molecule has 0 fully saturated rings. The summed E-state index contributed by atoms with van der Waals surface area (Å²) in [4.78, 5) is 12.9. The van der Waals surface area contributed by atoms with E-state index in [1.807, 2.05) is 48.5 Å². The third-order valence-electron chi connectivity index (χ3n) is 8.90. The highest BCUT2D eigenvalue weighted by Gasteiger charge is 2.35. The van der Waals surface area contributed by atoms with E-state index in [1.165, 1.54) is 12.1 Å². The number of hydrogen-bond donors (Lipinski definition) is 1. The summed E-state index contributed by atoms with van der Waals surface area (Å²) < 4.78 is 43.5. The molecule has 7 heteroatoms. The second-order valence-corrected chi connectivity index (χ2v) is 13.3. The van der Waals surface area contributed by atoms with E-state index in [1.54, 1.807) is 31.9 Å². The molecule has 45 heavy (non-hydrogen) atoms. The zero-order valence-electron chi connectivity index (χ0n) is 25.4. The quantitative estimate of drug-likeness (QED) is 0.174. The van der Waals surface area contributed by atoms with E-state index in [9.17, 15) is 23.1 Å². The van der Waals surface area contributed by atoms with E-state index < -0.39 is 23.1 Å². The van der Waals surface area contributed by atoms with E-state index in [0.29, 0.717) is 6.54 Å². The molecule has 0 bridgehead atoms. The van der Waals surface area contributed by atoms with Crippen LogP contribution in [0.4, 0.5) is 13.2 Å². The molecule has 0 saturated heterocycles. The predicted octanol–water partition coefficient (Wildman–Crippen LogP) is 10.4. The smallest absolute Gasteiger partial charge is 0.416 e. The van der Waals surface area contributed by atoms with Crippen LogP contribution in [0.5, 0.6) is 0 Å². The first kappa shape index (κ1) is 30.9. The Morgan fingerprint density at radius 2 is 1.62 bits per heavy atom. The molecule has 5 aromatic rings. The van der Waals surface area contributed by atoms with Gasteiger partial charge in [0.25, 0.3) is 0 Å². The predicted molar refractivity (Wildman–Crippen MR) is 175 cm³/mol. The number of alkyl halides is 3. The maximum atomic E-state index is 13.8. The second kappa shape index (κ2) is 12.0. The molecular formula is C38H34F3NO2S. The molecule has 0 radical (unpaired) electrons. The summed E-state index contributed by atoms with van der Waals surface area (Å²) in [6, 6.07) is 32.1. The first-order valence-electron chi connectivity index (χ1n) is 15.0. The Morgan fingerprint density at radius 1 is 0.867 bits per heavy atom. The summed E-state index contributed by atoms with van der Waals surface area (Å²) in [6.07, 6.45) is -2.94. The minimum absolute atomic E-state index is 0.194. The van der Waals surface area contributed by atoms with Gasteiger partial charge < -0.3 is 5.11 Å². The maximum Gasteiger partial charge on any atom is 0.416 e. The number of fused-ring (bicyclic) bond motifs is 2. The monoisotopic (exact) mass is 625 g/mol. The Balaban J connectivity index is 1.36. The van der Waals surface area contributed by atoms with E-state index in [-0.39, 0.29) is 6.04 Å². The average Bonchev–Trinajstić information content (AvgIpc) is 3.45. The van der Waals surface area contributed by atoms with Crippen LogP contribution in [0.15, 0.2) is 108 Å². The lowest BCUT2D eigenvalue weighted by Crippen LogP contribution is -2.28. The lowest BCUT2D eigenvalue weighted by atomic mass is 9.83. The second-order valence-electron chi connectivity index (χ2n) is 12.3. The molecule has 1 unspecified atom stereocenters. The van der Waals surface area contributed by atoms with Crippen LogP contribution >= 0.6 is 11.9 Å². The average molecular weight is 626 g/mol. The van der Waals surface area contributed by atoms with E-state index in [4.69, 9.17) is 0 Å². The molecule has 1 atom stereocenters. The molecule has 5 aromatic carbocycles. The number of benzene rings is 5. The van der Waals surface area contributed by atoms with Crippen LogP contribution in [-0.4, -0.2) is 15.4 Å². The van der Waals surface area contributed by atoms with Crippen LogP contribution in [0.25, 0.3) is 21.9 Å². The normalized spacial score (nSPS) is 15.0. The van der Waals surface area contributed by atoms with Crippen LogP contribution in [-0.2, 0) is 29.4 Å². The first-order chi connectivity index (χ1) is 21.4. The molecule has 6 rings (SSSR count). The first-order valence-corrected chi connectivity index (χ1v) is 15.8. The minimum atomic E-state index is -4.40. The lowest BCUT2D eigenvalue weighted by molar-refractivity contribution is -0.142. The van der Waals surface area contributed by atoms with Gasteiger partial charge in [-0.05, 0) is 107 Å². The molecule has 0 spiro atoms. The highest BCUT2D eigenvalue weighted by molar-refractivity contribution is 7.97. The van der Waals surface area contributed by atoms with Crippen molar-refractivity contribution in [2.45, 2.75) is 62.7 Å². The third kappa shape index (κ3) is 6.24. The van der Waals surface area contributed by atoms with Gasteiger partial charge in [-0.2, -0.15) is 13.2 Å². The fourth-order valence-electron chi connectivity index (χ4n) is 6.05. The van der Waals surface area contributed by atoms with Crippen molar-refractivity contribution in [3.8, 4) is 11.1 Å². The Kier molecular flexibility index (Phi) is 8.27. The molecule has 0 amide bonds. The summed E-state index contributed by atoms with van der Waals surface area (Å²) >= 11 is 1.62. The van der Waals surface area contributed by atoms with Crippen molar-refractivity contribution < 1.29 is 23.1 Å². The summed E-state index contributed by atoms with van der Waals surface area (Å²) in [5.74, 6) is -0.884. The molecule has 0 aliphatic heterocycles. The number of aliphatic carboxylic acids is 1. The number of nitrogens with zero attached hydrogens (tertiary/aromatic N) is 1. The van der Waals surface area contributed by atoms with E-state index >= 15 is 0 Å². The van der Waals surface area contributed by atoms with Gasteiger partial charge in [-0.25, -0.2) is 4.31 Å². The maximum absolute atomic E-state index is 13.8. The molecule has 0 saturated carbocycles. The molecular weight excluding hydrogens is 591 g/mol. The molecule has 0 aromatic heterocycles. The van der Waals surface area contributed by atoms with Gasteiger partial charge in [0.15, 0.2) is 0 Å². The van der Waals surface area contributed by atoms with Crippen molar-refractivity contribution in [1.29, 1.82) is 0 Å². The highest BCUT2D eigenvalue weighted by atomic mass is 32.2. The number of carbonyl (C=O) groups is 1. The van der Waals surface area contributed by atoms with E-state index in [0.717, 1.165) is 67.5 Å². The van der Waals surface area contributed by atoms with Crippen molar-refractivity contribution in [2.24, 2.45) is 0 Å². The fourth-order valence-corrected chi connectivity index (χ4v) is 7.34. The van der Waals surface area contributed by atoms with Crippen molar-refractivity contribution in [1.82, 2.24) is 4.31 Å². The van der Waals surface area contributed by atoms with Gasteiger partial charge in [0.1, 0.15) is 0 Å². The van der Waals surface area contributed by atoms with Crippen molar-refractivity contribution in [3.05, 3.63) is 137 Å². The zero-order valence-corrected chi connectivity index (χ0v) is 26.2. The van der Waals surface area contributed by atoms with Gasteiger partial charge in [-0.3, -0.25) is 4.79 Å². The van der Waals surface area contributed by atoms with Crippen molar-refractivity contribution in [3.63, 3.8) is 0 Å². The van der Waals surface area contributed by atoms with Gasteiger partial charge in [0.05, 0.1) is 11.0 Å². The number of rotatable bonds is 8. The van der Waals surface area contributed by atoms with Gasteiger partial charge in [0.2, 0.25) is 0 Å². The van der Waals surface area contributed by atoms with E-state index in [2.05, 4.69) is 47.6 Å². The molecule has 0 heterocycles. The molecule has 1 aliphatic carbocycles. The van der Waals surface area contributed by atoms with Gasteiger partial charge >= 0.3 is 12.1 Å². The number of carboxylic acid groups (broad SMARTS) is 1. The topological polar surface area (TPSA) is 40.5 Å². The Morgan fingerprint density at radius 3 is 2.36 bits per heavy atom. The van der Waals surface area contributed by atoms with Gasteiger partial charge in [-0.15, -0.1) is 0 Å². The minimum Gasteiger partial charge on any atom is -0.481 e. The molecule has 1 N–H and O–H groups in total. The summed E-state index contributed by atoms with van der Waals surface area (Å²) in [6.45, 7) is 5.99. The number of carboxylic acids is 1. The number of hydrogen-bond acceptors (Lipinski definition) is 3. The van der Waals surface area contributed by atoms with Crippen LogP contribution in [0.2, 0.25) is 0 Å². The SMILES string of the molecule is Cc1ccc2ccccc2c1SN(Cc1ccc(-c2cccc(C(C)(C)C(=O)O)c2)cc1)C1CCc2ccc(C(F)(F)F)cc21. The lowest BCUT2D eigenvalue weighted by Gasteiger charge is -2.30. The van der Waals surface area contributed by atoms with Crippen LogP contribution < -0.4 is 0 Å². The van der Waals surface area contributed by atoms with Crippen molar-refractivity contribution >= 4 is 28.7 Å². The summed E-state index contributed by atoms with van der Waals surface area (Å²) in [5, 5.41) is 11.9. The number of halogens is 3. The third-order valence-corrected chi connectivity index (χ3v) is 10.2.